The Morgan fingerprint density at radius 1 is 0.951 bits per heavy atom. The number of hydrogen-bond donors (Lipinski definition) is 1. The van der Waals surface area contributed by atoms with E-state index in [0.29, 0.717) is 50.8 Å². The lowest BCUT2D eigenvalue weighted by molar-refractivity contribution is -0.143. The van der Waals surface area contributed by atoms with Gasteiger partial charge in [-0.1, -0.05) is 60.7 Å². The average Bonchev–Trinajstić information content (AvgIpc) is 3.01. The van der Waals surface area contributed by atoms with Crippen LogP contribution in [0.15, 0.2) is 89.8 Å². The fourth-order valence-electron chi connectivity index (χ4n) is 4.46. The second-order valence-electron chi connectivity index (χ2n) is 9.38. The minimum absolute atomic E-state index is 0.139. The molecular formula is C30H35N3O7S. The molecular weight excluding hydrogens is 546 g/mol. The predicted octanol–water partition coefficient (Wildman–Crippen LogP) is 2.62. The zero-order valence-electron chi connectivity index (χ0n) is 23.0. The van der Waals surface area contributed by atoms with Crippen molar-refractivity contribution in [1.82, 2.24) is 14.5 Å². The van der Waals surface area contributed by atoms with Gasteiger partial charge in [0.1, 0.15) is 11.8 Å². The van der Waals surface area contributed by atoms with Crippen LogP contribution in [0.1, 0.15) is 17.2 Å². The molecule has 4 rings (SSSR count). The van der Waals surface area contributed by atoms with Crippen LogP contribution in [0.25, 0.3) is 0 Å². The number of morpholine rings is 1. The molecule has 0 aromatic heterocycles. The van der Waals surface area contributed by atoms with Crippen molar-refractivity contribution in [3.8, 4) is 5.75 Å². The molecule has 1 heterocycles. The number of rotatable bonds is 13. The van der Waals surface area contributed by atoms with E-state index in [1.54, 1.807) is 19.2 Å². The summed E-state index contributed by atoms with van der Waals surface area (Å²) < 4.78 is 43.3. The molecule has 1 aliphatic heterocycles. The van der Waals surface area contributed by atoms with Gasteiger partial charge >= 0.3 is 0 Å². The molecule has 11 heteroatoms. The Hall–Kier alpha value is -3.77. The molecule has 3 aromatic rings. The smallest absolute Gasteiger partial charge is 0.261 e. The Bertz CT molecular complexity index is 1360. The zero-order chi connectivity index (χ0) is 29.1. The summed E-state index contributed by atoms with van der Waals surface area (Å²) in [7, 11) is -2.10. The molecule has 0 bridgehead atoms. The first-order chi connectivity index (χ1) is 19.9. The van der Waals surface area contributed by atoms with Crippen molar-refractivity contribution in [1.29, 1.82) is 0 Å². The highest BCUT2D eigenvalue weighted by molar-refractivity contribution is 7.89. The number of carbonyl (C=O) groups excluding carboxylic acids is 2. The molecule has 1 N–H and O–H groups in total. The highest BCUT2D eigenvalue weighted by Gasteiger charge is 2.32. The lowest BCUT2D eigenvalue weighted by Crippen LogP contribution is -2.45. The van der Waals surface area contributed by atoms with E-state index in [1.807, 2.05) is 48.5 Å². The molecule has 0 radical (unpaired) electrons. The van der Waals surface area contributed by atoms with E-state index in [1.165, 1.54) is 33.5 Å². The number of amides is 2. The molecule has 1 saturated heterocycles. The average molecular weight is 582 g/mol. The molecule has 1 fully saturated rings. The lowest BCUT2D eigenvalue weighted by atomic mass is 10.0. The maximum atomic E-state index is 13.7. The summed E-state index contributed by atoms with van der Waals surface area (Å²) >= 11 is 0. The first kappa shape index (κ1) is 30.2. The van der Waals surface area contributed by atoms with Gasteiger partial charge in [-0.2, -0.15) is 4.31 Å². The minimum Gasteiger partial charge on any atom is -0.484 e. The van der Waals surface area contributed by atoms with E-state index < -0.39 is 22.0 Å². The van der Waals surface area contributed by atoms with Gasteiger partial charge in [-0.05, 0) is 35.4 Å². The molecule has 1 atom stereocenters. The Labute approximate surface area is 240 Å². The summed E-state index contributed by atoms with van der Waals surface area (Å²) in [6.45, 7) is 1.77. The van der Waals surface area contributed by atoms with Gasteiger partial charge in [-0.25, -0.2) is 8.42 Å². The van der Waals surface area contributed by atoms with Crippen LogP contribution in [0, 0.1) is 0 Å². The topological polar surface area (TPSA) is 114 Å². The van der Waals surface area contributed by atoms with Crippen molar-refractivity contribution in [3.63, 3.8) is 0 Å². The van der Waals surface area contributed by atoms with E-state index in [4.69, 9.17) is 14.2 Å². The maximum absolute atomic E-state index is 13.7. The highest BCUT2D eigenvalue weighted by atomic mass is 32.2. The van der Waals surface area contributed by atoms with Crippen LogP contribution < -0.4 is 10.1 Å². The van der Waals surface area contributed by atoms with Crippen molar-refractivity contribution < 1.29 is 32.2 Å². The summed E-state index contributed by atoms with van der Waals surface area (Å²) in [4.78, 5) is 28.7. The Balaban J connectivity index is 1.53. The number of nitrogens with one attached hydrogen (secondary N) is 1. The Morgan fingerprint density at radius 3 is 2.22 bits per heavy atom. The van der Waals surface area contributed by atoms with Crippen LogP contribution in [-0.4, -0.2) is 82.6 Å². The molecule has 0 saturated carbocycles. The van der Waals surface area contributed by atoms with Crippen LogP contribution in [0.3, 0.4) is 0 Å². The van der Waals surface area contributed by atoms with E-state index >= 15 is 0 Å². The van der Waals surface area contributed by atoms with Gasteiger partial charge in [0.05, 0.1) is 24.7 Å². The minimum atomic E-state index is -3.65. The number of methoxy groups -OCH3 is 1. The molecule has 2 amide bonds. The van der Waals surface area contributed by atoms with Crippen molar-refractivity contribution in [2.75, 3.05) is 53.2 Å². The van der Waals surface area contributed by atoms with Crippen LogP contribution in [0.5, 0.6) is 5.75 Å². The van der Waals surface area contributed by atoms with Gasteiger partial charge < -0.3 is 24.4 Å². The van der Waals surface area contributed by atoms with Gasteiger partial charge in [0.25, 0.3) is 5.91 Å². The number of benzene rings is 3. The summed E-state index contributed by atoms with van der Waals surface area (Å²) in [5.41, 5.74) is 1.51. The molecule has 0 spiro atoms. The first-order valence-electron chi connectivity index (χ1n) is 13.4. The second kappa shape index (κ2) is 14.7. The van der Waals surface area contributed by atoms with Gasteiger partial charge in [-0.3, -0.25) is 9.59 Å². The number of carbonyl (C=O) groups is 2. The summed E-state index contributed by atoms with van der Waals surface area (Å²) in [5, 5.41) is 2.86. The normalized spacial score (nSPS) is 14.7. The van der Waals surface area contributed by atoms with E-state index in [9.17, 15) is 18.0 Å². The fraction of sp³-hybridized carbons (Fsp3) is 0.333. The van der Waals surface area contributed by atoms with Crippen molar-refractivity contribution in [2.45, 2.75) is 17.5 Å². The lowest BCUT2D eigenvalue weighted by Gasteiger charge is -2.31. The monoisotopic (exact) mass is 581 g/mol. The maximum Gasteiger partial charge on any atom is 0.261 e. The molecule has 41 heavy (non-hydrogen) atoms. The Kier molecular flexibility index (Phi) is 10.9. The molecule has 1 aliphatic rings. The summed E-state index contributed by atoms with van der Waals surface area (Å²) in [6, 6.07) is 23.6. The largest absolute Gasteiger partial charge is 0.484 e. The highest BCUT2D eigenvalue weighted by Crippen LogP contribution is 2.25. The van der Waals surface area contributed by atoms with E-state index in [0.717, 1.165) is 5.56 Å². The standard InChI is InChI=1S/C30H35N3O7S/c1-38-19-16-31-30(35)29(25-10-6-3-7-11-25)33(22-24-8-4-2-5-9-24)28(34)23-40-26-12-14-27(15-13-26)41(36,37)32-17-20-39-21-18-32/h2-15,29H,16-23H2,1H3,(H,31,35)/t29-/m1/s1. The van der Waals surface area contributed by atoms with Crippen LogP contribution >= 0.6 is 0 Å². The second-order valence-corrected chi connectivity index (χ2v) is 11.3. The SMILES string of the molecule is COCCNC(=O)[C@@H](c1ccccc1)N(Cc1ccccc1)C(=O)COc1ccc(S(=O)(=O)N2CCOCC2)cc1. The van der Waals surface area contributed by atoms with Gasteiger partial charge in [-0.15, -0.1) is 0 Å². The summed E-state index contributed by atoms with van der Waals surface area (Å²) in [6.07, 6.45) is 0. The number of hydrogen-bond acceptors (Lipinski definition) is 7. The third kappa shape index (κ3) is 8.14. The zero-order valence-corrected chi connectivity index (χ0v) is 23.8. The molecule has 0 aliphatic carbocycles. The van der Waals surface area contributed by atoms with Gasteiger partial charge in [0.15, 0.2) is 6.61 Å². The number of ether oxygens (including phenoxy) is 3. The number of nitrogens with zero attached hydrogens (tertiary/aromatic N) is 2. The van der Waals surface area contributed by atoms with Crippen LogP contribution in [0.4, 0.5) is 0 Å². The fourth-order valence-corrected chi connectivity index (χ4v) is 5.86. The molecule has 0 unspecified atom stereocenters. The summed E-state index contributed by atoms with van der Waals surface area (Å²) in [5.74, 6) is -0.412. The van der Waals surface area contributed by atoms with Gasteiger partial charge in [0.2, 0.25) is 15.9 Å². The van der Waals surface area contributed by atoms with Crippen molar-refractivity contribution in [2.24, 2.45) is 0 Å². The van der Waals surface area contributed by atoms with Crippen molar-refractivity contribution >= 4 is 21.8 Å². The van der Waals surface area contributed by atoms with Crippen LogP contribution in [-0.2, 0) is 35.6 Å². The predicted molar refractivity (Wildman–Crippen MR) is 153 cm³/mol. The van der Waals surface area contributed by atoms with Gasteiger partial charge in [0, 0.05) is 33.3 Å². The molecule has 10 nitrogen and oxygen atoms in total. The molecule has 3 aromatic carbocycles. The quantitative estimate of drug-likeness (QED) is 0.309. The Morgan fingerprint density at radius 2 is 1.59 bits per heavy atom. The van der Waals surface area contributed by atoms with E-state index in [-0.39, 0.29) is 24.0 Å². The van der Waals surface area contributed by atoms with Crippen molar-refractivity contribution in [3.05, 3.63) is 96.1 Å². The first-order valence-corrected chi connectivity index (χ1v) is 14.8. The molecule has 218 valence electrons. The van der Waals surface area contributed by atoms with Crippen LogP contribution in [0.2, 0.25) is 0 Å². The van der Waals surface area contributed by atoms with E-state index in [2.05, 4.69) is 5.32 Å². The third-order valence-electron chi connectivity index (χ3n) is 6.59. The number of sulfonamides is 1. The third-order valence-corrected chi connectivity index (χ3v) is 8.50.